The first-order valence-electron chi connectivity index (χ1n) is 6.48. The molecule has 1 amide bonds. The van der Waals surface area contributed by atoms with Gasteiger partial charge in [0.2, 0.25) is 15.9 Å². The molecule has 1 aliphatic heterocycles. The smallest absolute Gasteiger partial charge is 0.249 e. The molecule has 1 aromatic rings. The molecule has 7 heteroatoms. The van der Waals surface area contributed by atoms with Gasteiger partial charge in [-0.3, -0.25) is 4.79 Å². The van der Waals surface area contributed by atoms with Crippen molar-refractivity contribution in [1.29, 1.82) is 0 Å². The van der Waals surface area contributed by atoms with Crippen LogP contribution in [0.5, 0.6) is 0 Å². The zero-order valence-electron chi connectivity index (χ0n) is 11.0. The molecule has 0 spiro atoms. The molecule has 0 saturated carbocycles. The summed E-state index contributed by atoms with van der Waals surface area (Å²) in [5.74, 6) is -0.0799. The van der Waals surface area contributed by atoms with E-state index >= 15 is 0 Å². The molecule has 3 N–H and O–H groups in total. The van der Waals surface area contributed by atoms with Gasteiger partial charge in [-0.1, -0.05) is 12.1 Å². The van der Waals surface area contributed by atoms with Crippen LogP contribution < -0.4 is 10.5 Å². The number of hydrogen-bond donors (Lipinski definition) is 2. The summed E-state index contributed by atoms with van der Waals surface area (Å²) in [4.78, 5) is 11.8. The molecular formula is C13H18N2O4S. The van der Waals surface area contributed by atoms with Crippen LogP contribution in [-0.4, -0.2) is 33.6 Å². The van der Waals surface area contributed by atoms with Crippen molar-refractivity contribution in [1.82, 2.24) is 5.32 Å². The number of nitrogens with two attached hydrogens (primary N) is 1. The molecule has 110 valence electrons. The first-order valence-corrected chi connectivity index (χ1v) is 8.02. The van der Waals surface area contributed by atoms with Crippen molar-refractivity contribution in [3.05, 3.63) is 29.8 Å². The fraction of sp³-hybridized carbons (Fsp3) is 0.462. The minimum atomic E-state index is -3.65. The summed E-state index contributed by atoms with van der Waals surface area (Å²) in [7, 11) is -3.65. The molecule has 0 aliphatic carbocycles. The molecule has 1 aromatic carbocycles. The van der Waals surface area contributed by atoms with Crippen molar-refractivity contribution in [2.45, 2.75) is 30.3 Å². The van der Waals surface area contributed by atoms with Crippen LogP contribution in [0.3, 0.4) is 0 Å². The number of sulfonamides is 1. The second-order valence-corrected chi connectivity index (χ2v) is 6.29. The molecule has 1 heterocycles. The molecule has 0 aromatic heterocycles. The number of rotatable bonds is 5. The molecule has 1 fully saturated rings. The van der Waals surface area contributed by atoms with E-state index in [1.54, 1.807) is 12.1 Å². The highest BCUT2D eigenvalue weighted by Crippen LogP contribution is 2.12. The van der Waals surface area contributed by atoms with Gasteiger partial charge in [0.05, 0.1) is 4.90 Å². The van der Waals surface area contributed by atoms with Gasteiger partial charge in [0.1, 0.15) is 6.10 Å². The van der Waals surface area contributed by atoms with Crippen LogP contribution in [0.2, 0.25) is 0 Å². The van der Waals surface area contributed by atoms with Crippen molar-refractivity contribution in [3.8, 4) is 0 Å². The first-order chi connectivity index (χ1) is 9.47. The van der Waals surface area contributed by atoms with E-state index in [2.05, 4.69) is 5.32 Å². The summed E-state index contributed by atoms with van der Waals surface area (Å²) in [5, 5.41) is 7.83. The van der Waals surface area contributed by atoms with Gasteiger partial charge < -0.3 is 10.1 Å². The number of carbonyl (C=O) groups is 1. The fourth-order valence-corrected chi connectivity index (χ4v) is 2.59. The molecule has 1 atom stereocenters. The van der Waals surface area contributed by atoms with Gasteiger partial charge >= 0.3 is 0 Å². The maximum absolute atomic E-state index is 11.7. The Kier molecular flexibility index (Phi) is 4.74. The van der Waals surface area contributed by atoms with E-state index in [0.717, 1.165) is 18.4 Å². The highest BCUT2D eigenvalue weighted by atomic mass is 32.2. The van der Waals surface area contributed by atoms with Crippen LogP contribution >= 0.6 is 0 Å². The van der Waals surface area contributed by atoms with E-state index < -0.39 is 10.0 Å². The second-order valence-electron chi connectivity index (χ2n) is 4.73. The first kappa shape index (κ1) is 15.0. The van der Waals surface area contributed by atoms with Crippen LogP contribution in [-0.2, 0) is 26.0 Å². The lowest BCUT2D eigenvalue weighted by molar-refractivity contribution is -0.129. The summed E-state index contributed by atoms with van der Waals surface area (Å²) in [6, 6.07) is 6.31. The van der Waals surface area contributed by atoms with Gasteiger partial charge in [0.15, 0.2) is 0 Å². The summed E-state index contributed by atoms with van der Waals surface area (Å²) in [5.41, 5.74) is 0.935. The summed E-state index contributed by atoms with van der Waals surface area (Å²) in [6.07, 6.45) is 2.01. The van der Waals surface area contributed by atoms with E-state index in [9.17, 15) is 13.2 Å². The number of ether oxygens (including phenoxy) is 1. The lowest BCUT2D eigenvalue weighted by atomic mass is 10.1. The molecule has 0 radical (unpaired) electrons. The highest BCUT2D eigenvalue weighted by Gasteiger charge is 2.22. The topological polar surface area (TPSA) is 98.5 Å². The Morgan fingerprint density at radius 1 is 1.35 bits per heavy atom. The van der Waals surface area contributed by atoms with Gasteiger partial charge in [-0.05, 0) is 37.0 Å². The third kappa shape index (κ3) is 4.03. The molecule has 6 nitrogen and oxygen atoms in total. The Labute approximate surface area is 118 Å². The third-order valence-corrected chi connectivity index (χ3v) is 4.12. The summed E-state index contributed by atoms with van der Waals surface area (Å²) < 4.78 is 27.5. The number of nitrogens with one attached hydrogen (secondary N) is 1. The standard InChI is InChI=1S/C13H18N2O4S/c14-20(17,18)11-5-3-10(4-6-11)7-8-15-13(16)12-2-1-9-19-12/h3-6,12H,1-2,7-9H2,(H,15,16)(H2,14,17,18). The van der Waals surface area contributed by atoms with Crippen molar-refractivity contribution in [2.24, 2.45) is 5.14 Å². The molecule has 20 heavy (non-hydrogen) atoms. The van der Waals surface area contributed by atoms with Crippen LogP contribution in [0.25, 0.3) is 0 Å². The number of amides is 1. The van der Waals surface area contributed by atoms with Crippen LogP contribution in [0.4, 0.5) is 0 Å². The third-order valence-electron chi connectivity index (χ3n) is 3.19. The minimum absolute atomic E-state index is 0.0799. The Morgan fingerprint density at radius 3 is 2.60 bits per heavy atom. The monoisotopic (exact) mass is 298 g/mol. The Balaban J connectivity index is 1.81. The highest BCUT2D eigenvalue weighted by molar-refractivity contribution is 7.89. The quantitative estimate of drug-likeness (QED) is 0.809. The predicted molar refractivity (Wildman–Crippen MR) is 73.5 cm³/mol. The molecule has 2 rings (SSSR count). The number of benzene rings is 1. The average molecular weight is 298 g/mol. The van der Waals surface area contributed by atoms with E-state index in [-0.39, 0.29) is 16.9 Å². The van der Waals surface area contributed by atoms with Crippen LogP contribution in [0.15, 0.2) is 29.2 Å². The van der Waals surface area contributed by atoms with E-state index in [1.807, 2.05) is 0 Å². The largest absolute Gasteiger partial charge is 0.368 e. The molecule has 1 unspecified atom stereocenters. The molecule has 1 saturated heterocycles. The predicted octanol–water partition coefficient (Wildman–Crippen LogP) is 0.172. The van der Waals surface area contributed by atoms with Crippen LogP contribution in [0.1, 0.15) is 18.4 Å². The van der Waals surface area contributed by atoms with Crippen molar-refractivity contribution < 1.29 is 17.9 Å². The van der Waals surface area contributed by atoms with Gasteiger partial charge in [0, 0.05) is 13.2 Å². The lowest BCUT2D eigenvalue weighted by Crippen LogP contribution is -2.35. The second kappa shape index (κ2) is 6.34. The maximum atomic E-state index is 11.7. The number of primary sulfonamides is 1. The van der Waals surface area contributed by atoms with Crippen molar-refractivity contribution >= 4 is 15.9 Å². The zero-order chi connectivity index (χ0) is 14.6. The Morgan fingerprint density at radius 2 is 2.05 bits per heavy atom. The minimum Gasteiger partial charge on any atom is -0.368 e. The Bertz CT molecular complexity index is 563. The van der Waals surface area contributed by atoms with E-state index in [4.69, 9.17) is 9.88 Å². The maximum Gasteiger partial charge on any atom is 0.249 e. The molecule has 0 bridgehead atoms. The van der Waals surface area contributed by atoms with Crippen molar-refractivity contribution in [2.75, 3.05) is 13.2 Å². The SMILES string of the molecule is NS(=O)(=O)c1ccc(CCNC(=O)C2CCCO2)cc1. The van der Waals surface area contributed by atoms with Gasteiger partial charge in [0.25, 0.3) is 0 Å². The lowest BCUT2D eigenvalue weighted by Gasteiger charge is -2.10. The summed E-state index contributed by atoms with van der Waals surface area (Å²) in [6.45, 7) is 1.14. The normalized spacial score (nSPS) is 18.9. The molecule has 1 aliphatic rings. The zero-order valence-corrected chi connectivity index (χ0v) is 11.9. The Hall–Kier alpha value is -1.44. The van der Waals surface area contributed by atoms with Crippen LogP contribution in [0, 0.1) is 0 Å². The number of carbonyl (C=O) groups excluding carboxylic acids is 1. The fourth-order valence-electron chi connectivity index (χ4n) is 2.07. The van der Waals surface area contributed by atoms with E-state index in [1.165, 1.54) is 12.1 Å². The van der Waals surface area contributed by atoms with Gasteiger partial charge in [-0.15, -0.1) is 0 Å². The molecular weight excluding hydrogens is 280 g/mol. The van der Waals surface area contributed by atoms with Gasteiger partial charge in [-0.2, -0.15) is 0 Å². The number of hydrogen-bond acceptors (Lipinski definition) is 4. The van der Waals surface area contributed by atoms with E-state index in [0.29, 0.717) is 19.6 Å². The average Bonchev–Trinajstić information content (AvgIpc) is 2.92. The van der Waals surface area contributed by atoms with Gasteiger partial charge in [-0.25, -0.2) is 13.6 Å². The summed E-state index contributed by atoms with van der Waals surface area (Å²) >= 11 is 0. The van der Waals surface area contributed by atoms with Crippen molar-refractivity contribution in [3.63, 3.8) is 0 Å².